The molecule has 0 atom stereocenters. The van der Waals surface area contributed by atoms with E-state index in [4.69, 9.17) is 0 Å². The van der Waals surface area contributed by atoms with Crippen LogP contribution >= 0.6 is 0 Å². The van der Waals surface area contributed by atoms with Crippen molar-refractivity contribution in [2.24, 2.45) is 0 Å². The molecule has 0 saturated heterocycles. The minimum Gasteiger partial charge on any atom is -0.294 e. The maximum Gasteiger partial charge on any atom is 0.167 e. The summed E-state index contributed by atoms with van der Waals surface area (Å²) >= 11 is 0. The van der Waals surface area contributed by atoms with Crippen LogP contribution in [0, 0.1) is 41.5 Å². The summed E-state index contributed by atoms with van der Waals surface area (Å²) in [6, 6.07) is 24.4. The van der Waals surface area contributed by atoms with Gasteiger partial charge in [-0.1, -0.05) is 60.7 Å². The fourth-order valence-corrected chi connectivity index (χ4v) is 4.68. The van der Waals surface area contributed by atoms with E-state index in [1.807, 2.05) is 50.2 Å². The highest BCUT2D eigenvalue weighted by atomic mass is 16.1. The van der Waals surface area contributed by atoms with Gasteiger partial charge >= 0.3 is 0 Å². The molecule has 0 unspecified atom stereocenters. The second-order valence-corrected chi connectivity index (χ2v) is 10.1. The number of carbonyl (C=O) groups is 2. The lowest BCUT2D eigenvalue weighted by Gasteiger charge is -2.13. The van der Waals surface area contributed by atoms with E-state index >= 15 is 0 Å². The molecular formula is C34H34O2. The monoisotopic (exact) mass is 474 g/mol. The maximum atomic E-state index is 12.8. The van der Waals surface area contributed by atoms with Crippen molar-refractivity contribution in [3.05, 3.63) is 128 Å². The summed E-state index contributed by atoms with van der Waals surface area (Å²) in [6.45, 7) is 12.4. The van der Waals surface area contributed by atoms with Gasteiger partial charge in [0.05, 0.1) is 0 Å². The van der Waals surface area contributed by atoms with Crippen molar-refractivity contribution >= 4 is 11.6 Å². The summed E-state index contributed by atoms with van der Waals surface area (Å²) < 4.78 is 0. The predicted octanol–water partition coefficient (Wildman–Crippen LogP) is 8.05. The molecule has 0 aromatic heterocycles. The van der Waals surface area contributed by atoms with Crippen LogP contribution in [0.25, 0.3) is 11.1 Å². The van der Waals surface area contributed by atoms with Gasteiger partial charge in [-0.05, 0) is 109 Å². The van der Waals surface area contributed by atoms with E-state index < -0.39 is 0 Å². The molecule has 0 aliphatic rings. The first-order valence-corrected chi connectivity index (χ1v) is 12.5. The van der Waals surface area contributed by atoms with E-state index in [1.165, 1.54) is 11.1 Å². The number of carbonyl (C=O) groups excluding carboxylic acids is 2. The second-order valence-electron chi connectivity index (χ2n) is 10.1. The molecule has 0 saturated carbocycles. The van der Waals surface area contributed by atoms with Crippen molar-refractivity contribution in [2.45, 2.75) is 54.4 Å². The summed E-state index contributed by atoms with van der Waals surface area (Å²) in [7, 11) is 0. The lowest BCUT2D eigenvalue weighted by molar-refractivity contribution is 0.0984. The molecule has 0 spiro atoms. The highest BCUT2D eigenvalue weighted by Gasteiger charge is 2.13. The third-order valence-corrected chi connectivity index (χ3v) is 7.26. The van der Waals surface area contributed by atoms with Gasteiger partial charge in [-0.15, -0.1) is 0 Å². The normalized spacial score (nSPS) is 10.9. The number of hydrogen-bond donors (Lipinski definition) is 0. The summed E-state index contributed by atoms with van der Waals surface area (Å²) in [5.41, 5.74) is 12.8. The highest BCUT2D eigenvalue weighted by Crippen LogP contribution is 2.29. The summed E-state index contributed by atoms with van der Waals surface area (Å²) in [6.07, 6.45) is 0.782. The Morgan fingerprint density at radius 2 is 0.833 bits per heavy atom. The van der Waals surface area contributed by atoms with Crippen molar-refractivity contribution in [1.82, 2.24) is 0 Å². The van der Waals surface area contributed by atoms with Gasteiger partial charge in [0, 0.05) is 24.0 Å². The van der Waals surface area contributed by atoms with E-state index in [0.29, 0.717) is 12.8 Å². The highest BCUT2D eigenvalue weighted by molar-refractivity contribution is 5.98. The Labute approximate surface area is 215 Å². The van der Waals surface area contributed by atoms with Crippen molar-refractivity contribution < 1.29 is 9.59 Å². The van der Waals surface area contributed by atoms with Crippen molar-refractivity contribution in [3.8, 4) is 11.1 Å². The van der Waals surface area contributed by atoms with Gasteiger partial charge in [-0.25, -0.2) is 0 Å². The lowest BCUT2D eigenvalue weighted by atomic mass is 9.91. The quantitative estimate of drug-likeness (QED) is 0.254. The number of ketones is 2. The van der Waals surface area contributed by atoms with Gasteiger partial charge in [0.15, 0.2) is 11.6 Å². The van der Waals surface area contributed by atoms with Gasteiger partial charge in [0.25, 0.3) is 0 Å². The van der Waals surface area contributed by atoms with Crippen LogP contribution in [0.3, 0.4) is 0 Å². The van der Waals surface area contributed by atoms with Gasteiger partial charge in [0.2, 0.25) is 0 Å². The molecule has 0 aliphatic carbocycles. The third kappa shape index (κ3) is 5.54. The Hall–Kier alpha value is -3.78. The number of Topliss-reactive ketones (excluding diaryl/α,β-unsaturated/α-hetero) is 2. The molecule has 4 aromatic carbocycles. The van der Waals surface area contributed by atoms with Crippen LogP contribution in [0.15, 0.2) is 72.8 Å². The fraction of sp³-hybridized carbons (Fsp3) is 0.235. The molecule has 182 valence electrons. The van der Waals surface area contributed by atoms with E-state index in [9.17, 15) is 9.59 Å². The summed E-state index contributed by atoms with van der Waals surface area (Å²) in [5.74, 6) is 0.276. The first-order valence-electron chi connectivity index (χ1n) is 12.5. The van der Waals surface area contributed by atoms with E-state index in [-0.39, 0.29) is 11.6 Å². The van der Waals surface area contributed by atoms with Crippen molar-refractivity contribution in [1.29, 1.82) is 0 Å². The Morgan fingerprint density at radius 3 is 1.17 bits per heavy atom. The largest absolute Gasteiger partial charge is 0.294 e. The molecule has 0 N–H and O–H groups in total. The molecule has 0 heterocycles. The second kappa shape index (κ2) is 10.5. The van der Waals surface area contributed by atoms with E-state index in [1.54, 1.807) is 0 Å². The Bertz CT molecular complexity index is 1360. The average Bonchev–Trinajstić information content (AvgIpc) is 2.83. The zero-order valence-electron chi connectivity index (χ0n) is 22.2. The molecule has 0 radical (unpaired) electrons. The van der Waals surface area contributed by atoms with Gasteiger partial charge in [0.1, 0.15) is 0 Å². The number of hydrogen-bond acceptors (Lipinski definition) is 2. The summed E-state index contributed by atoms with van der Waals surface area (Å²) in [5, 5.41) is 0. The molecule has 0 bridgehead atoms. The third-order valence-electron chi connectivity index (χ3n) is 7.26. The van der Waals surface area contributed by atoms with Crippen molar-refractivity contribution in [3.63, 3.8) is 0 Å². The average molecular weight is 475 g/mol. The molecule has 4 aromatic rings. The van der Waals surface area contributed by atoms with Crippen LogP contribution < -0.4 is 0 Å². The molecule has 0 fully saturated rings. The van der Waals surface area contributed by atoms with Gasteiger partial charge in [-0.3, -0.25) is 9.59 Å². The SMILES string of the molecule is Cc1ccc(C(=O)Cc2ccc(-c3ccc(CC(=O)c4ccc(C)c(C)c4)cc3C)c(C)c2)cc1C. The van der Waals surface area contributed by atoms with Crippen LogP contribution in [0.4, 0.5) is 0 Å². The lowest BCUT2D eigenvalue weighted by Crippen LogP contribution is -2.05. The standard InChI is InChI=1S/C34H34O2/c1-21-7-11-29(17-23(21)3)33(35)19-27-9-13-31(25(5)15-27)32-14-10-28(16-26(32)6)20-34(36)30-12-8-22(2)24(4)18-30/h7-18H,19-20H2,1-6H3. The van der Waals surface area contributed by atoms with Crippen LogP contribution in [0.2, 0.25) is 0 Å². The summed E-state index contributed by atoms with van der Waals surface area (Å²) in [4.78, 5) is 25.7. The van der Waals surface area contributed by atoms with Gasteiger partial charge in [-0.2, -0.15) is 0 Å². The van der Waals surface area contributed by atoms with Gasteiger partial charge < -0.3 is 0 Å². The zero-order chi connectivity index (χ0) is 26.0. The first kappa shape index (κ1) is 25.3. The zero-order valence-corrected chi connectivity index (χ0v) is 22.2. The number of aryl methyl sites for hydroxylation is 6. The van der Waals surface area contributed by atoms with Crippen LogP contribution in [-0.2, 0) is 12.8 Å². The Kier molecular flexibility index (Phi) is 7.35. The van der Waals surface area contributed by atoms with Crippen LogP contribution in [0.5, 0.6) is 0 Å². The minimum absolute atomic E-state index is 0.138. The topological polar surface area (TPSA) is 34.1 Å². The van der Waals surface area contributed by atoms with Crippen LogP contribution in [-0.4, -0.2) is 11.6 Å². The first-order chi connectivity index (χ1) is 17.1. The molecule has 2 nitrogen and oxygen atoms in total. The molecule has 4 rings (SSSR count). The molecule has 36 heavy (non-hydrogen) atoms. The maximum absolute atomic E-state index is 12.8. The smallest absolute Gasteiger partial charge is 0.167 e. The predicted molar refractivity (Wildman–Crippen MR) is 149 cm³/mol. The van der Waals surface area contributed by atoms with E-state index in [0.717, 1.165) is 55.6 Å². The van der Waals surface area contributed by atoms with Crippen LogP contribution in [0.1, 0.15) is 65.2 Å². The molecule has 2 heteroatoms. The molecular weight excluding hydrogens is 440 g/mol. The minimum atomic E-state index is 0.138. The Morgan fingerprint density at radius 1 is 0.444 bits per heavy atom. The fourth-order valence-electron chi connectivity index (χ4n) is 4.68. The number of benzene rings is 4. The van der Waals surface area contributed by atoms with E-state index in [2.05, 4.69) is 64.1 Å². The number of rotatable bonds is 7. The molecule has 0 amide bonds. The Balaban J connectivity index is 1.50. The molecule has 0 aliphatic heterocycles. The van der Waals surface area contributed by atoms with Crippen molar-refractivity contribution in [2.75, 3.05) is 0 Å².